The highest BCUT2D eigenvalue weighted by Crippen LogP contribution is 2.36. The largest absolute Gasteiger partial charge is 0.454 e. The third-order valence-electron chi connectivity index (χ3n) is 5.69. The Morgan fingerprint density at radius 2 is 1.77 bits per heavy atom. The lowest BCUT2D eigenvalue weighted by molar-refractivity contribution is -0.00684. The monoisotopic (exact) mass is 532 g/mol. The van der Waals surface area contributed by atoms with Gasteiger partial charge in [0.1, 0.15) is 0 Å². The molecular formula is C22H37IN4O3. The molecule has 3 rings (SSSR count). The molecule has 0 bridgehead atoms. The molecule has 0 atom stereocenters. The fourth-order valence-electron chi connectivity index (χ4n) is 3.61. The number of hydrogen-bond donors (Lipinski definition) is 2. The first kappa shape index (κ1) is 25.0. The Hall–Kier alpha value is -1.26. The van der Waals surface area contributed by atoms with Crippen LogP contribution in [-0.4, -0.2) is 69.1 Å². The van der Waals surface area contributed by atoms with Crippen molar-refractivity contribution < 1.29 is 14.2 Å². The molecule has 0 spiro atoms. The number of ether oxygens (including phenoxy) is 3. The molecule has 1 aromatic rings. The molecule has 0 amide bonds. The van der Waals surface area contributed by atoms with Crippen LogP contribution in [0, 0.1) is 0 Å². The summed E-state index contributed by atoms with van der Waals surface area (Å²) >= 11 is 0. The highest BCUT2D eigenvalue weighted by Gasteiger charge is 2.28. The lowest BCUT2D eigenvalue weighted by atomic mass is 9.84. The minimum absolute atomic E-state index is 0. The SMILES string of the molecule is CCNC(=NCC(C)(C)N1CCOCC1)NCC(C)(C)c1ccc2c(c1)OCO2.I. The number of nitrogens with zero attached hydrogens (tertiary/aromatic N) is 2. The zero-order chi connectivity index (χ0) is 20.9. The number of halogens is 1. The highest BCUT2D eigenvalue weighted by atomic mass is 127. The van der Waals surface area contributed by atoms with Gasteiger partial charge in [0, 0.05) is 37.1 Å². The standard InChI is InChI=1S/C22H36N4O3.HI/c1-6-23-20(25-15-22(4,5)26-9-11-27-12-10-26)24-14-21(2,3)17-7-8-18-19(13-17)29-16-28-18;/h7-8,13H,6,9-12,14-16H2,1-5H3,(H2,23,24,25);1H. The van der Waals surface area contributed by atoms with Gasteiger partial charge in [-0.15, -0.1) is 24.0 Å². The number of rotatable bonds is 7. The molecule has 1 saturated heterocycles. The normalized spacial score (nSPS) is 17.4. The Balaban J connectivity index is 0.00000320. The van der Waals surface area contributed by atoms with Gasteiger partial charge in [-0.3, -0.25) is 9.89 Å². The summed E-state index contributed by atoms with van der Waals surface area (Å²) < 4.78 is 16.5. The van der Waals surface area contributed by atoms with Crippen molar-refractivity contribution in [2.45, 2.75) is 45.6 Å². The van der Waals surface area contributed by atoms with Gasteiger partial charge >= 0.3 is 0 Å². The zero-order valence-corrected chi connectivity index (χ0v) is 21.2. The van der Waals surface area contributed by atoms with Crippen LogP contribution in [0.1, 0.15) is 40.2 Å². The first-order valence-corrected chi connectivity index (χ1v) is 10.6. The summed E-state index contributed by atoms with van der Waals surface area (Å²) in [5.74, 6) is 2.49. The van der Waals surface area contributed by atoms with Crippen molar-refractivity contribution in [1.29, 1.82) is 0 Å². The topological polar surface area (TPSA) is 67.4 Å². The van der Waals surface area contributed by atoms with E-state index in [1.165, 1.54) is 5.56 Å². The quantitative estimate of drug-likeness (QED) is 0.320. The molecule has 0 aliphatic carbocycles. The van der Waals surface area contributed by atoms with Gasteiger partial charge in [0.25, 0.3) is 0 Å². The van der Waals surface area contributed by atoms with E-state index in [9.17, 15) is 0 Å². The van der Waals surface area contributed by atoms with Gasteiger partial charge in [0.15, 0.2) is 17.5 Å². The predicted molar refractivity (Wildman–Crippen MR) is 131 cm³/mol. The third-order valence-corrected chi connectivity index (χ3v) is 5.69. The Kier molecular flexibility index (Phi) is 9.05. The maximum Gasteiger partial charge on any atom is 0.231 e. The van der Waals surface area contributed by atoms with Crippen LogP contribution in [0.5, 0.6) is 11.5 Å². The van der Waals surface area contributed by atoms with E-state index in [0.29, 0.717) is 6.79 Å². The van der Waals surface area contributed by atoms with Gasteiger partial charge in [-0.25, -0.2) is 0 Å². The van der Waals surface area contributed by atoms with Gasteiger partial charge in [-0.05, 0) is 38.5 Å². The van der Waals surface area contributed by atoms with Gasteiger partial charge in [-0.1, -0.05) is 19.9 Å². The molecule has 2 N–H and O–H groups in total. The van der Waals surface area contributed by atoms with Crippen LogP contribution in [0.2, 0.25) is 0 Å². The Bertz CT molecular complexity index is 718. The molecule has 0 unspecified atom stereocenters. The maximum absolute atomic E-state index is 5.54. The lowest BCUT2D eigenvalue weighted by Crippen LogP contribution is -2.52. The van der Waals surface area contributed by atoms with Crippen LogP contribution >= 0.6 is 24.0 Å². The third kappa shape index (κ3) is 6.37. The molecule has 0 radical (unpaired) electrons. The highest BCUT2D eigenvalue weighted by molar-refractivity contribution is 14.0. The van der Waals surface area contributed by atoms with Crippen LogP contribution in [-0.2, 0) is 10.2 Å². The van der Waals surface area contributed by atoms with Crippen molar-refractivity contribution in [1.82, 2.24) is 15.5 Å². The van der Waals surface area contributed by atoms with Crippen LogP contribution in [0.4, 0.5) is 0 Å². The van der Waals surface area contributed by atoms with E-state index in [1.54, 1.807) is 0 Å². The molecule has 0 saturated carbocycles. The fraction of sp³-hybridized carbons (Fsp3) is 0.682. The number of fused-ring (bicyclic) bond motifs is 1. The summed E-state index contributed by atoms with van der Waals surface area (Å²) in [4.78, 5) is 7.34. The average Bonchev–Trinajstić information content (AvgIpc) is 3.19. The fourth-order valence-corrected chi connectivity index (χ4v) is 3.61. The van der Waals surface area contributed by atoms with Crippen LogP contribution in [0.25, 0.3) is 0 Å². The number of guanidine groups is 1. The Morgan fingerprint density at radius 1 is 1.07 bits per heavy atom. The van der Waals surface area contributed by atoms with Crippen molar-refractivity contribution in [2.24, 2.45) is 4.99 Å². The molecule has 2 aliphatic rings. The van der Waals surface area contributed by atoms with Crippen molar-refractivity contribution in [2.75, 3.05) is 52.7 Å². The second-order valence-corrected chi connectivity index (χ2v) is 8.91. The summed E-state index contributed by atoms with van der Waals surface area (Å²) in [6, 6.07) is 6.18. The molecule has 30 heavy (non-hydrogen) atoms. The van der Waals surface area contributed by atoms with Gasteiger partial charge in [0.05, 0.1) is 19.8 Å². The van der Waals surface area contributed by atoms with E-state index in [-0.39, 0.29) is 34.9 Å². The first-order chi connectivity index (χ1) is 13.8. The van der Waals surface area contributed by atoms with Gasteiger partial charge in [-0.2, -0.15) is 0 Å². The van der Waals surface area contributed by atoms with Crippen molar-refractivity contribution in [3.05, 3.63) is 23.8 Å². The van der Waals surface area contributed by atoms with Gasteiger partial charge in [0.2, 0.25) is 6.79 Å². The molecule has 7 nitrogen and oxygen atoms in total. The van der Waals surface area contributed by atoms with Crippen molar-refractivity contribution in [3.63, 3.8) is 0 Å². The molecule has 8 heteroatoms. The number of benzene rings is 1. The first-order valence-electron chi connectivity index (χ1n) is 10.6. The predicted octanol–water partition coefficient (Wildman–Crippen LogP) is 2.98. The summed E-state index contributed by atoms with van der Waals surface area (Å²) in [5.41, 5.74) is 1.12. The number of hydrogen-bond acceptors (Lipinski definition) is 5. The number of morpholine rings is 1. The smallest absolute Gasteiger partial charge is 0.231 e. The van der Waals surface area contributed by atoms with Crippen LogP contribution in [0.15, 0.2) is 23.2 Å². The number of aliphatic imine (C=N–C) groups is 1. The van der Waals surface area contributed by atoms with E-state index in [1.807, 2.05) is 6.07 Å². The molecule has 170 valence electrons. The maximum atomic E-state index is 5.54. The van der Waals surface area contributed by atoms with E-state index >= 15 is 0 Å². The van der Waals surface area contributed by atoms with Crippen LogP contribution in [0.3, 0.4) is 0 Å². The molecule has 1 aromatic carbocycles. The Morgan fingerprint density at radius 3 is 2.47 bits per heavy atom. The summed E-state index contributed by atoms with van der Waals surface area (Å²) in [7, 11) is 0. The van der Waals surface area contributed by atoms with E-state index < -0.39 is 0 Å². The molecule has 2 heterocycles. The summed E-state index contributed by atoms with van der Waals surface area (Å²) in [5, 5.41) is 6.90. The molecule has 1 fully saturated rings. The minimum Gasteiger partial charge on any atom is -0.454 e. The summed E-state index contributed by atoms with van der Waals surface area (Å²) in [6.07, 6.45) is 0. The minimum atomic E-state index is -0.0864. The van der Waals surface area contributed by atoms with Crippen LogP contribution < -0.4 is 20.1 Å². The second-order valence-electron chi connectivity index (χ2n) is 8.91. The Labute approximate surface area is 197 Å². The molecular weight excluding hydrogens is 495 g/mol. The zero-order valence-electron chi connectivity index (χ0n) is 18.9. The van der Waals surface area contributed by atoms with Gasteiger partial charge < -0.3 is 24.8 Å². The number of nitrogens with one attached hydrogen (secondary N) is 2. The lowest BCUT2D eigenvalue weighted by Gasteiger charge is -2.40. The summed E-state index contributed by atoms with van der Waals surface area (Å²) in [6.45, 7) is 17.2. The van der Waals surface area contributed by atoms with E-state index in [2.05, 4.69) is 62.3 Å². The molecule has 2 aliphatic heterocycles. The van der Waals surface area contributed by atoms with E-state index in [0.717, 1.165) is 63.4 Å². The van der Waals surface area contributed by atoms with Crippen molar-refractivity contribution in [3.8, 4) is 11.5 Å². The van der Waals surface area contributed by atoms with E-state index in [4.69, 9.17) is 19.2 Å². The average molecular weight is 532 g/mol. The van der Waals surface area contributed by atoms with Crippen molar-refractivity contribution >= 4 is 29.9 Å². The molecule has 0 aromatic heterocycles. The second kappa shape index (κ2) is 10.9.